The second-order valence-electron chi connectivity index (χ2n) is 5.52. The van der Waals surface area contributed by atoms with Crippen molar-refractivity contribution in [3.05, 3.63) is 35.9 Å². The Bertz CT molecular complexity index is 595. The van der Waals surface area contributed by atoms with E-state index >= 15 is 0 Å². The molecule has 2 nitrogen and oxygen atoms in total. The summed E-state index contributed by atoms with van der Waals surface area (Å²) in [5.74, 6) is 2.64. The average Bonchev–Trinajstić information content (AvgIpc) is 2.54. The van der Waals surface area contributed by atoms with E-state index in [0.29, 0.717) is 0 Å². The van der Waals surface area contributed by atoms with Crippen molar-refractivity contribution in [1.82, 2.24) is 0 Å². The Labute approximate surface area is 138 Å². The second kappa shape index (κ2) is 8.89. The van der Waals surface area contributed by atoms with E-state index in [0.717, 1.165) is 56.3 Å². The molecule has 0 fully saturated rings. The maximum absolute atomic E-state index is 5.91. The molecule has 0 amide bonds. The van der Waals surface area contributed by atoms with Gasteiger partial charge < -0.3 is 9.47 Å². The number of fused-ring (bicyclic) bond motifs is 1. The van der Waals surface area contributed by atoms with Crippen molar-refractivity contribution in [2.75, 3.05) is 19.1 Å². The summed E-state index contributed by atoms with van der Waals surface area (Å²) in [5.41, 5.74) is 1.19. The van der Waals surface area contributed by atoms with E-state index < -0.39 is 0 Å². The Morgan fingerprint density at radius 1 is 0.955 bits per heavy atom. The SMILES string of the molecule is CCCOc1ccc2c(C)c(OCCCCCCl)ccc2c1. The summed E-state index contributed by atoms with van der Waals surface area (Å²) in [6.07, 6.45) is 4.25. The highest BCUT2D eigenvalue weighted by molar-refractivity contribution is 6.17. The Morgan fingerprint density at radius 2 is 1.82 bits per heavy atom. The summed E-state index contributed by atoms with van der Waals surface area (Å²) in [4.78, 5) is 0. The molecule has 0 saturated carbocycles. The largest absolute Gasteiger partial charge is 0.494 e. The second-order valence-corrected chi connectivity index (χ2v) is 5.90. The zero-order valence-electron chi connectivity index (χ0n) is 13.5. The monoisotopic (exact) mass is 320 g/mol. The van der Waals surface area contributed by atoms with E-state index in [2.05, 4.69) is 38.1 Å². The van der Waals surface area contributed by atoms with Crippen molar-refractivity contribution >= 4 is 22.4 Å². The molecule has 0 saturated heterocycles. The lowest BCUT2D eigenvalue weighted by atomic mass is 10.0. The number of hydrogen-bond donors (Lipinski definition) is 0. The van der Waals surface area contributed by atoms with E-state index in [-0.39, 0.29) is 0 Å². The summed E-state index contributed by atoms with van der Waals surface area (Å²) >= 11 is 5.68. The maximum Gasteiger partial charge on any atom is 0.122 e. The molecule has 0 spiro atoms. The van der Waals surface area contributed by atoms with Crippen molar-refractivity contribution in [1.29, 1.82) is 0 Å². The summed E-state index contributed by atoms with van der Waals surface area (Å²) in [6.45, 7) is 5.74. The minimum absolute atomic E-state index is 0.734. The number of ether oxygens (including phenoxy) is 2. The van der Waals surface area contributed by atoms with Crippen molar-refractivity contribution < 1.29 is 9.47 Å². The van der Waals surface area contributed by atoms with Crippen molar-refractivity contribution in [3.63, 3.8) is 0 Å². The highest BCUT2D eigenvalue weighted by Gasteiger charge is 2.06. The van der Waals surface area contributed by atoms with E-state index in [9.17, 15) is 0 Å². The van der Waals surface area contributed by atoms with Crippen molar-refractivity contribution in [2.24, 2.45) is 0 Å². The molecule has 0 atom stereocenters. The number of alkyl halides is 1. The predicted molar refractivity (Wildman–Crippen MR) is 94.5 cm³/mol. The third-order valence-corrected chi connectivity index (χ3v) is 3.99. The quantitative estimate of drug-likeness (QED) is 0.434. The van der Waals surface area contributed by atoms with Crippen LogP contribution in [0.2, 0.25) is 0 Å². The van der Waals surface area contributed by atoms with Gasteiger partial charge in [-0.15, -0.1) is 11.6 Å². The average molecular weight is 321 g/mol. The molecular formula is C19H25ClO2. The first-order valence-electron chi connectivity index (χ1n) is 8.11. The molecule has 3 heteroatoms. The molecule has 0 aliphatic heterocycles. The fraction of sp³-hybridized carbons (Fsp3) is 0.474. The van der Waals surface area contributed by atoms with E-state index in [1.165, 1.54) is 16.3 Å². The van der Waals surface area contributed by atoms with Gasteiger partial charge in [-0.2, -0.15) is 0 Å². The van der Waals surface area contributed by atoms with E-state index in [4.69, 9.17) is 21.1 Å². The molecule has 120 valence electrons. The third kappa shape index (κ3) is 4.54. The van der Waals surface area contributed by atoms with Gasteiger partial charge in [-0.3, -0.25) is 0 Å². The standard InChI is InChI=1S/C19H25ClO2/c1-3-12-21-17-8-9-18-15(2)19(10-7-16(18)14-17)22-13-6-4-5-11-20/h7-10,14H,3-6,11-13H2,1-2H3. The van der Waals surface area contributed by atoms with Gasteiger partial charge in [0.2, 0.25) is 0 Å². The molecule has 22 heavy (non-hydrogen) atoms. The number of unbranched alkanes of at least 4 members (excludes halogenated alkanes) is 2. The maximum atomic E-state index is 5.91. The molecule has 2 aromatic carbocycles. The van der Waals surface area contributed by atoms with Crippen LogP contribution in [0.5, 0.6) is 11.5 Å². The third-order valence-electron chi connectivity index (χ3n) is 3.72. The van der Waals surface area contributed by atoms with E-state index in [1.807, 2.05) is 6.07 Å². The Hall–Kier alpha value is -1.41. The number of rotatable bonds is 9. The van der Waals surface area contributed by atoms with Gasteiger partial charge in [0.15, 0.2) is 0 Å². The Morgan fingerprint density at radius 3 is 2.59 bits per heavy atom. The normalized spacial score (nSPS) is 10.9. The van der Waals surface area contributed by atoms with Crippen LogP contribution in [0.25, 0.3) is 10.8 Å². The number of halogens is 1. The highest BCUT2D eigenvalue weighted by Crippen LogP contribution is 2.30. The Balaban J connectivity index is 2.06. The zero-order valence-corrected chi connectivity index (χ0v) is 14.3. The molecule has 0 N–H and O–H groups in total. The number of aryl methyl sites for hydroxylation is 1. The number of benzene rings is 2. The summed E-state index contributed by atoms with van der Waals surface area (Å²) < 4.78 is 11.6. The van der Waals surface area contributed by atoms with Gasteiger partial charge in [0.1, 0.15) is 11.5 Å². The fourth-order valence-corrected chi connectivity index (χ4v) is 2.65. The van der Waals surface area contributed by atoms with Gasteiger partial charge in [-0.25, -0.2) is 0 Å². The van der Waals surface area contributed by atoms with Crippen molar-refractivity contribution in [3.8, 4) is 11.5 Å². The first kappa shape index (κ1) is 17.0. The lowest BCUT2D eigenvalue weighted by Gasteiger charge is -2.12. The van der Waals surface area contributed by atoms with Crippen LogP contribution in [-0.2, 0) is 0 Å². The lowest BCUT2D eigenvalue weighted by molar-refractivity contribution is 0.305. The molecule has 0 radical (unpaired) electrons. The van der Waals surface area contributed by atoms with Crippen LogP contribution in [0.15, 0.2) is 30.3 Å². The van der Waals surface area contributed by atoms with Gasteiger partial charge in [0.25, 0.3) is 0 Å². The molecule has 0 unspecified atom stereocenters. The predicted octanol–water partition coefficient (Wildman–Crippen LogP) is 5.72. The van der Waals surface area contributed by atoms with Gasteiger partial charge in [-0.05, 0) is 67.1 Å². The van der Waals surface area contributed by atoms with Crippen molar-refractivity contribution in [2.45, 2.75) is 39.5 Å². The van der Waals surface area contributed by atoms with Gasteiger partial charge in [-0.1, -0.05) is 19.1 Å². The van der Waals surface area contributed by atoms with Crippen LogP contribution in [0, 0.1) is 6.92 Å². The molecule has 2 rings (SSSR count). The van der Waals surface area contributed by atoms with Crippen LogP contribution in [0.1, 0.15) is 38.2 Å². The topological polar surface area (TPSA) is 18.5 Å². The van der Waals surface area contributed by atoms with Crippen LogP contribution in [0.3, 0.4) is 0 Å². The summed E-state index contributed by atoms with van der Waals surface area (Å²) in [6, 6.07) is 10.4. The minimum atomic E-state index is 0.734. The Kier molecular flexibility index (Phi) is 6.85. The van der Waals surface area contributed by atoms with Crippen LogP contribution >= 0.6 is 11.6 Å². The first-order chi connectivity index (χ1) is 10.8. The highest BCUT2D eigenvalue weighted by atomic mass is 35.5. The van der Waals surface area contributed by atoms with Crippen LogP contribution in [0.4, 0.5) is 0 Å². The molecule has 0 aliphatic carbocycles. The molecule has 0 heterocycles. The van der Waals surface area contributed by atoms with Gasteiger partial charge >= 0.3 is 0 Å². The fourth-order valence-electron chi connectivity index (χ4n) is 2.46. The molecule has 0 aliphatic rings. The first-order valence-corrected chi connectivity index (χ1v) is 8.64. The summed E-state index contributed by atoms with van der Waals surface area (Å²) in [5, 5.41) is 2.42. The minimum Gasteiger partial charge on any atom is -0.494 e. The van der Waals surface area contributed by atoms with E-state index in [1.54, 1.807) is 0 Å². The lowest BCUT2D eigenvalue weighted by Crippen LogP contribution is -1.99. The smallest absolute Gasteiger partial charge is 0.122 e. The molecule has 0 aromatic heterocycles. The van der Waals surface area contributed by atoms with Gasteiger partial charge in [0.05, 0.1) is 13.2 Å². The zero-order chi connectivity index (χ0) is 15.8. The van der Waals surface area contributed by atoms with Gasteiger partial charge in [0, 0.05) is 5.88 Å². The molecule has 2 aromatic rings. The summed E-state index contributed by atoms with van der Waals surface area (Å²) in [7, 11) is 0. The number of hydrogen-bond acceptors (Lipinski definition) is 2. The van der Waals surface area contributed by atoms with Crippen LogP contribution < -0.4 is 9.47 Å². The molecule has 0 bridgehead atoms. The molecular weight excluding hydrogens is 296 g/mol. The van der Waals surface area contributed by atoms with Crippen LogP contribution in [-0.4, -0.2) is 19.1 Å².